The molecule has 0 saturated heterocycles. The van der Waals surface area contributed by atoms with Crippen LogP contribution in [0.25, 0.3) is 33.3 Å². The van der Waals surface area contributed by atoms with Crippen LogP contribution in [-0.4, -0.2) is 54.9 Å². The van der Waals surface area contributed by atoms with Gasteiger partial charge in [0, 0.05) is 78.3 Å². The molecule has 0 bridgehead atoms. The van der Waals surface area contributed by atoms with Crippen molar-refractivity contribution in [2.24, 2.45) is 0 Å². The number of aromatic amines is 1. The SMILES string of the molecule is CC(C)c1ncncc1-c1c[nH]c2ncc(-c3cncc(C(O)C(=O)N(C)C)c3)c(Cl)c12. The van der Waals surface area contributed by atoms with Gasteiger partial charge in [-0.2, -0.15) is 0 Å². The molecule has 4 aromatic rings. The number of rotatable bonds is 5. The van der Waals surface area contributed by atoms with Crippen LogP contribution in [0.2, 0.25) is 5.02 Å². The predicted octanol–water partition coefficient (Wildman–Crippen LogP) is 3.98. The quantitative estimate of drug-likeness (QED) is 0.476. The second kappa shape index (κ2) is 8.64. The third-order valence-electron chi connectivity index (χ3n) is 5.28. The second-order valence-electron chi connectivity index (χ2n) is 8.03. The van der Waals surface area contributed by atoms with Crippen LogP contribution in [0.4, 0.5) is 0 Å². The minimum Gasteiger partial charge on any atom is -0.378 e. The number of fused-ring (bicyclic) bond motifs is 1. The molecule has 0 aromatic carbocycles. The maximum Gasteiger partial charge on any atom is 0.255 e. The van der Waals surface area contributed by atoms with E-state index in [4.69, 9.17) is 11.6 Å². The Morgan fingerprint density at radius 1 is 1.06 bits per heavy atom. The van der Waals surface area contributed by atoms with Crippen LogP contribution in [0.5, 0.6) is 0 Å². The van der Waals surface area contributed by atoms with Crippen molar-refractivity contribution in [3.8, 4) is 22.3 Å². The van der Waals surface area contributed by atoms with Gasteiger partial charge in [-0.3, -0.25) is 9.78 Å². The molecule has 1 atom stereocenters. The Labute approximate surface area is 190 Å². The van der Waals surface area contributed by atoms with E-state index in [-0.39, 0.29) is 5.92 Å². The van der Waals surface area contributed by atoms with Crippen molar-refractivity contribution >= 4 is 28.5 Å². The van der Waals surface area contributed by atoms with Gasteiger partial charge in [0.1, 0.15) is 12.0 Å². The molecule has 8 nitrogen and oxygen atoms in total. The first-order chi connectivity index (χ1) is 15.3. The zero-order valence-corrected chi connectivity index (χ0v) is 18.9. The van der Waals surface area contributed by atoms with Crippen molar-refractivity contribution in [3.63, 3.8) is 0 Å². The number of hydrogen-bond acceptors (Lipinski definition) is 6. The number of H-pyrrole nitrogens is 1. The van der Waals surface area contributed by atoms with Gasteiger partial charge in [0.05, 0.1) is 10.7 Å². The van der Waals surface area contributed by atoms with Crippen LogP contribution < -0.4 is 0 Å². The molecule has 2 N–H and O–H groups in total. The molecular formula is C23H23ClN6O2. The van der Waals surface area contributed by atoms with Gasteiger partial charge in [0.15, 0.2) is 6.10 Å². The van der Waals surface area contributed by atoms with E-state index >= 15 is 0 Å². The Balaban J connectivity index is 1.85. The first-order valence-corrected chi connectivity index (χ1v) is 10.5. The van der Waals surface area contributed by atoms with Crippen LogP contribution >= 0.6 is 11.6 Å². The standard InChI is InChI=1S/C23H23ClN6O2/c1-12(2)20-17(8-26-11-29-20)16-10-28-22-18(16)19(24)15(9-27-22)13-5-14(7-25-6-13)21(31)23(32)30(3)4/h5-12,21,31H,1-4H3,(H,27,28). The summed E-state index contributed by atoms with van der Waals surface area (Å²) in [6.07, 6.45) is 8.60. The second-order valence-corrected chi connectivity index (χ2v) is 8.41. The maximum absolute atomic E-state index is 12.2. The molecular weight excluding hydrogens is 428 g/mol. The Hall–Kier alpha value is -3.36. The molecule has 0 saturated carbocycles. The van der Waals surface area contributed by atoms with Crippen LogP contribution in [-0.2, 0) is 4.79 Å². The number of carbonyl (C=O) groups excluding carboxylic acids is 1. The fourth-order valence-corrected chi connectivity index (χ4v) is 3.97. The lowest BCUT2D eigenvalue weighted by molar-refractivity contribution is -0.137. The largest absolute Gasteiger partial charge is 0.378 e. The molecule has 4 heterocycles. The number of pyridine rings is 2. The summed E-state index contributed by atoms with van der Waals surface area (Å²) in [6, 6.07) is 1.70. The molecule has 1 unspecified atom stereocenters. The van der Waals surface area contributed by atoms with Gasteiger partial charge in [-0.15, -0.1) is 0 Å². The number of likely N-dealkylation sites (N-methyl/N-ethyl adjacent to an activating group) is 1. The van der Waals surface area contributed by atoms with Crippen molar-refractivity contribution in [2.45, 2.75) is 25.9 Å². The van der Waals surface area contributed by atoms with E-state index < -0.39 is 12.0 Å². The van der Waals surface area contributed by atoms with E-state index in [1.807, 2.05) is 6.20 Å². The van der Waals surface area contributed by atoms with Gasteiger partial charge in [-0.05, 0) is 12.0 Å². The van der Waals surface area contributed by atoms with E-state index in [9.17, 15) is 9.90 Å². The fraction of sp³-hybridized carbons (Fsp3) is 0.261. The van der Waals surface area contributed by atoms with E-state index in [2.05, 4.69) is 38.8 Å². The molecule has 0 spiro atoms. The molecule has 0 aliphatic heterocycles. The third-order valence-corrected chi connectivity index (χ3v) is 5.67. The summed E-state index contributed by atoms with van der Waals surface area (Å²) in [5, 5.41) is 11.6. The molecule has 0 aliphatic rings. The predicted molar refractivity (Wildman–Crippen MR) is 123 cm³/mol. The van der Waals surface area contributed by atoms with Crippen molar-refractivity contribution in [1.82, 2.24) is 29.8 Å². The van der Waals surface area contributed by atoms with Crippen molar-refractivity contribution in [3.05, 3.63) is 59.7 Å². The number of aliphatic hydroxyl groups is 1. The Morgan fingerprint density at radius 3 is 2.56 bits per heavy atom. The highest BCUT2D eigenvalue weighted by Gasteiger charge is 2.22. The molecule has 9 heteroatoms. The van der Waals surface area contributed by atoms with Crippen LogP contribution in [0.1, 0.15) is 37.1 Å². The van der Waals surface area contributed by atoms with Crippen LogP contribution in [0, 0.1) is 0 Å². The summed E-state index contributed by atoms with van der Waals surface area (Å²) in [6.45, 7) is 4.15. The lowest BCUT2D eigenvalue weighted by Crippen LogP contribution is -2.28. The topological polar surface area (TPSA) is 108 Å². The number of amides is 1. The summed E-state index contributed by atoms with van der Waals surface area (Å²) in [5.74, 6) is -0.230. The normalized spacial score (nSPS) is 12.3. The zero-order valence-electron chi connectivity index (χ0n) is 18.2. The van der Waals surface area contributed by atoms with E-state index in [1.54, 1.807) is 38.8 Å². The summed E-state index contributed by atoms with van der Waals surface area (Å²) in [4.78, 5) is 34.1. The molecule has 4 rings (SSSR count). The van der Waals surface area contributed by atoms with Gasteiger partial charge in [-0.25, -0.2) is 15.0 Å². The van der Waals surface area contributed by atoms with Crippen LogP contribution in [0.15, 0.2) is 43.4 Å². The van der Waals surface area contributed by atoms with Crippen molar-refractivity contribution in [1.29, 1.82) is 0 Å². The summed E-state index contributed by atoms with van der Waals surface area (Å²) < 4.78 is 0. The number of nitrogens with zero attached hydrogens (tertiary/aromatic N) is 5. The number of aromatic nitrogens is 5. The maximum atomic E-state index is 12.2. The Bertz CT molecular complexity index is 1300. The number of nitrogens with one attached hydrogen (secondary N) is 1. The number of aliphatic hydroxyl groups excluding tert-OH is 1. The van der Waals surface area contributed by atoms with Gasteiger partial charge < -0.3 is 15.0 Å². The first-order valence-electron chi connectivity index (χ1n) is 10.1. The lowest BCUT2D eigenvalue weighted by Gasteiger charge is -2.16. The Kier molecular flexibility index (Phi) is 5.90. The molecule has 164 valence electrons. The van der Waals surface area contributed by atoms with Crippen LogP contribution in [0.3, 0.4) is 0 Å². The van der Waals surface area contributed by atoms with E-state index in [0.29, 0.717) is 27.4 Å². The highest BCUT2D eigenvalue weighted by molar-refractivity contribution is 6.39. The monoisotopic (exact) mass is 450 g/mol. The molecule has 0 aliphatic carbocycles. The lowest BCUT2D eigenvalue weighted by atomic mass is 9.98. The van der Waals surface area contributed by atoms with Gasteiger partial charge in [0.25, 0.3) is 5.91 Å². The van der Waals surface area contributed by atoms with E-state index in [1.165, 1.54) is 17.4 Å². The molecule has 0 radical (unpaired) electrons. The zero-order chi connectivity index (χ0) is 23.0. The first kappa shape index (κ1) is 21.9. The summed E-state index contributed by atoms with van der Waals surface area (Å²) in [7, 11) is 3.17. The third kappa shape index (κ3) is 3.83. The summed E-state index contributed by atoms with van der Waals surface area (Å²) >= 11 is 6.88. The summed E-state index contributed by atoms with van der Waals surface area (Å²) in [5.41, 5.74) is 4.96. The molecule has 4 aromatic heterocycles. The van der Waals surface area contributed by atoms with E-state index in [0.717, 1.165) is 22.2 Å². The number of hydrogen-bond donors (Lipinski definition) is 2. The van der Waals surface area contributed by atoms with Gasteiger partial charge >= 0.3 is 0 Å². The van der Waals surface area contributed by atoms with Crippen molar-refractivity contribution < 1.29 is 9.90 Å². The molecule has 32 heavy (non-hydrogen) atoms. The highest BCUT2D eigenvalue weighted by atomic mass is 35.5. The highest BCUT2D eigenvalue weighted by Crippen LogP contribution is 2.40. The minimum atomic E-state index is -1.31. The van der Waals surface area contributed by atoms with Gasteiger partial charge in [-0.1, -0.05) is 25.4 Å². The molecule has 0 fully saturated rings. The Morgan fingerprint density at radius 2 is 1.84 bits per heavy atom. The number of halogens is 1. The average molecular weight is 451 g/mol. The fourth-order valence-electron chi connectivity index (χ4n) is 3.62. The average Bonchev–Trinajstić information content (AvgIpc) is 3.23. The van der Waals surface area contributed by atoms with Gasteiger partial charge in [0.2, 0.25) is 0 Å². The number of carbonyl (C=O) groups is 1. The van der Waals surface area contributed by atoms with Crippen molar-refractivity contribution in [2.75, 3.05) is 14.1 Å². The molecule has 1 amide bonds. The smallest absolute Gasteiger partial charge is 0.255 e. The minimum absolute atomic E-state index is 0.199.